The van der Waals surface area contributed by atoms with E-state index in [0.717, 1.165) is 16.9 Å². The molecule has 31 heavy (non-hydrogen) atoms. The number of carbonyl (C=O) groups is 2. The van der Waals surface area contributed by atoms with Gasteiger partial charge in [0.2, 0.25) is 0 Å². The second-order valence-corrected chi connectivity index (χ2v) is 7.28. The summed E-state index contributed by atoms with van der Waals surface area (Å²) in [4.78, 5) is 27.5. The fourth-order valence-electron chi connectivity index (χ4n) is 3.83. The molecule has 5 heteroatoms. The van der Waals surface area contributed by atoms with E-state index >= 15 is 0 Å². The molecule has 1 aliphatic heterocycles. The third-order valence-electron chi connectivity index (χ3n) is 5.29. The largest absolute Gasteiger partial charge is 0.507 e. The standard InChI is InChI=1S/C26H23NO4/c1-2-31-21-15-13-18(14-16-21)17-27-23(19-9-5-3-6-10-19)22(25(29)26(27)30)24(28)20-11-7-4-8-12-20/h3-16,23,28H,2,17H2,1H3/b24-22+. The normalized spacial score (nSPS) is 17.7. The van der Waals surface area contributed by atoms with Crippen LogP contribution in [0.2, 0.25) is 0 Å². The lowest BCUT2D eigenvalue weighted by molar-refractivity contribution is -0.140. The van der Waals surface area contributed by atoms with Gasteiger partial charge in [-0.1, -0.05) is 72.8 Å². The number of ether oxygens (including phenoxy) is 1. The molecule has 1 N–H and O–H groups in total. The molecule has 1 atom stereocenters. The van der Waals surface area contributed by atoms with Crippen LogP contribution in [0.4, 0.5) is 0 Å². The van der Waals surface area contributed by atoms with Crippen LogP contribution >= 0.6 is 0 Å². The van der Waals surface area contributed by atoms with Crippen molar-refractivity contribution < 1.29 is 19.4 Å². The summed E-state index contributed by atoms with van der Waals surface area (Å²) in [6.07, 6.45) is 0. The highest BCUT2D eigenvalue weighted by Crippen LogP contribution is 2.40. The molecule has 5 nitrogen and oxygen atoms in total. The zero-order valence-electron chi connectivity index (χ0n) is 17.2. The van der Waals surface area contributed by atoms with Gasteiger partial charge in [0.05, 0.1) is 18.2 Å². The predicted molar refractivity (Wildman–Crippen MR) is 118 cm³/mol. The molecule has 0 bridgehead atoms. The first-order chi connectivity index (χ1) is 15.1. The Morgan fingerprint density at radius 1 is 0.903 bits per heavy atom. The maximum Gasteiger partial charge on any atom is 0.295 e. The van der Waals surface area contributed by atoms with Gasteiger partial charge in [0, 0.05) is 12.1 Å². The summed E-state index contributed by atoms with van der Waals surface area (Å²) in [6.45, 7) is 2.73. The fraction of sp³-hybridized carbons (Fsp3) is 0.154. The lowest BCUT2D eigenvalue weighted by Crippen LogP contribution is -2.29. The van der Waals surface area contributed by atoms with Crippen LogP contribution in [0.1, 0.15) is 29.7 Å². The molecule has 0 radical (unpaired) electrons. The molecule has 1 saturated heterocycles. The van der Waals surface area contributed by atoms with Gasteiger partial charge >= 0.3 is 0 Å². The van der Waals surface area contributed by atoms with Gasteiger partial charge in [0.25, 0.3) is 11.7 Å². The minimum Gasteiger partial charge on any atom is -0.507 e. The SMILES string of the molecule is CCOc1ccc(CN2C(=O)C(=O)/C(=C(/O)c3ccccc3)C2c2ccccc2)cc1. The number of rotatable bonds is 6. The summed E-state index contributed by atoms with van der Waals surface area (Å²) in [5, 5.41) is 11.0. The van der Waals surface area contributed by atoms with E-state index in [0.29, 0.717) is 12.2 Å². The number of nitrogens with zero attached hydrogens (tertiary/aromatic N) is 1. The van der Waals surface area contributed by atoms with Crippen molar-refractivity contribution in [3.8, 4) is 5.75 Å². The molecule has 3 aromatic rings. The molecular weight excluding hydrogens is 390 g/mol. The Morgan fingerprint density at radius 3 is 2.13 bits per heavy atom. The Bertz CT molecular complexity index is 1110. The molecule has 0 aromatic heterocycles. The van der Waals surface area contributed by atoms with Crippen molar-refractivity contribution in [3.05, 3.63) is 107 Å². The van der Waals surface area contributed by atoms with Gasteiger partial charge in [-0.15, -0.1) is 0 Å². The number of Topliss-reactive ketones (excluding diaryl/α,β-unsaturated/α-hetero) is 1. The predicted octanol–water partition coefficient (Wildman–Crippen LogP) is 4.71. The highest BCUT2D eigenvalue weighted by molar-refractivity contribution is 6.46. The number of hydrogen-bond acceptors (Lipinski definition) is 4. The molecule has 4 rings (SSSR count). The van der Waals surface area contributed by atoms with Crippen molar-refractivity contribution in [2.75, 3.05) is 6.61 Å². The Kier molecular flexibility index (Phi) is 5.85. The van der Waals surface area contributed by atoms with Crippen LogP contribution in [0, 0.1) is 0 Å². The number of aliphatic hydroxyl groups is 1. The Morgan fingerprint density at radius 2 is 1.52 bits per heavy atom. The highest BCUT2D eigenvalue weighted by Gasteiger charge is 2.45. The van der Waals surface area contributed by atoms with E-state index in [-0.39, 0.29) is 17.9 Å². The summed E-state index contributed by atoms with van der Waals surface area (Å²) in [5.74, 6) is -0.722. The van der Waals surface area contributed by atoms with Crippen LogP contribution in [-0.2, 0) is 16.1 Å². The van der Waals surface area contributed by atoms with Gasteiger partial charge in [0.15, 0.2) is 0 Å². The van der Waals surface area contributed by atoms with Crippen molar-refractivity contribution in [2.45, 2.75) is 19.5 Å². The van der Waals surface area contributed by atoms with Crippen molar-refractivity contribution in [2.24, 2.45) is 0 Å². The topological polar surface area (TPSA) is 66.8 Å². The number of benzene rings is 3. The monoisotopic (exact) mass is 413 g/mol. The number of hydrogen-bond donors (Lipinski definition) is 1. The van der Waals surface area contributed by atoms with Gasteiger partial charge in [-0.3, -0.25) is 9.59 Å². The number of aliphatic hydroxyl groups excluding tert-OH is 1. The van der Waals surface area contributed by atoms with Gasteiger partial charge < -0.3 is 14.7 Å². The van der Waals surface area contributed by atoms with E-state index in [1.165, 1.54) is 4.90 Å². The first-order valence-corrected chi connectivity index (χ1v) is 10.2. The maximum absolute atomic E-state index is 13.0. The van der Waals surface area contributed by atoms with Crippen LogP contribution < -0.4 is 4.74 Å². The third-order valence-corrected chi connectivity index (χ3v) is 5.29. The van der Waals surface area contributed by atoms with Crippen LogP contribution in [0.25, 0.3) is 5.76 Å². The van der Waals surface area contributed by atoms with E-state index in [1.54, 1.807) is 24.3 Å². The van der Waals surface area contributed by atoms with Gasteiger partial charge in [0.1, 0.15) is 11.5 Å². The van der Waals surface area contributed by atoms with E-state index in [9.17, 15) is 14.7 Å². The number of amides is 1. The van der Waals surface area contributed by atoms with Crippen molar-refractivity contribution in [3.63, 3.8) is 0 Å². The second-order valence-electron chi connectivity index (χ2n) is 7.28. The molecule has 1 unspecified atom stereocenters. The van der Waals surface area contributed by atoms with E-state index in [2.05, 4.69) is 0 Å². The molecule has 1 amide bonds. The summed E-state index contributed by atoms with van der Waals surface area (Å²) in [5.41, 5.74) is 2.24. The average Bonchev–Trinajstić information content (AvgIpc) is 3.06. The quantitative estimate of drug-likeness (QED) is 0.361. The molecule has 1 heterocycles. The van der Waals surface area contributed by atoms with Crippen LogP contribution in [-0.4, -0.2) is 28.3 Å². The molecular formula is C26H23NO4. The van der Waals surface area contributed by atoms with Crippen molar-refractivity contribution in [1.29, 1.82) is 0 Å². The Hall–Kier alpha value is -3.86. The zero-order valence-corrected chi connectivity index (χ0v) is 17.2. The van der Waals surface area contributed by atoms with Gasteiger partial charge in [-0.05, 0) is 30.2 Å². The van der Waals surface area contributed by atoms with E-state index in [1.807, 2.05) is 67.6 Å². The maximum atomic E-state index is 13.0. The van der Waals surface area contributed by atoms with Gasteiger partial charge in [-0.25, -0.2) is 0 Å². The number of carbonyl (C=O) groups excluding carboxylic acids is 2. The van der Waals surface area contributed by atoms with Crippen molar-refractivity contribution >= 4 is 17.4 Å². The third kappa shape index (κ3) is 4.08. The lowest BCUT2D eigenvalue weighted by atomic mass is 9.95. The molecule has 156 valence electrons. The molecule has 0 saturated carbocycles. The number of ketones is 1. The molecule has 1 aliphatic rings. The fourth-order valence-corrected chi connectivity index (χ4v) is 3.83. The Labute approximate surface area is 181 Å². The van der Waals surface area contributed by atoms with Crippen LogP contribution in [0.3, 0.4) is 0 Å². The average molecular weight is 413 g/mol. The minimum atomic E-state index is -0.679. The minimum absolute atomic E-state index is 0.105. The molecule has 0 aliphatic carbocycles. The first-order valence-electron chi connectivity index (χ1n) is 10.2. The molecule has 1 fully saturated rings. The summed E-state index contributed by atoms with van der Waals surface area (Å²) in [7, 11) is 0. The number of likely N-dealkylation sites (tertiary alicyclic amines) is 1. The Balaban J connectivity index is 1.77. The van der Waals surface area contributed by atoms with E-state index in [4.69, 9.17) is 4.74 Å². The first kappa shape index (κ1) is 20.4. The smallest absolute Gasteiger partial charge is 0.295 e. The highest BCUT2D eigenvalue weighted by atomic mass is 16.5. The molecule has 3 aromatic carbocycles. The zero-order chi connectivity index (χ0) is 21.8. The van der Waals surface area contributed by atoms with Crippen LogP contribution in [0.5, 0.6) is 5.75 Å². The van der Waals surface area contributed by atoms with Crippen molar-refractivity contribution in [1.82, 2.24) is 4.90 Å². The summed E-state index contributed by atoms with van der Waals surface area (Å²) in [6, 6.07) is 24.9. The summed E-state index contributed by atoms with van der Waals surface area (Å²) >= 11 is 0. The van der Waals surface area contributed by atoms with Crippen LogP contribution in [0.15, 0.2) is 90.5 Å². The second kappa shape index (κ2) is 8.88. The molecule has 0 spiro atoms. The summed E-state index contributed by atoms with van der Waals surface area (Å²) < 4.78 is 5.48. The van der Waals surface area contributed by atoms with E-state index < -0.39 is 17.7 Å². The lowest BCUT2D eigenvalue weighted by Gasteiger charge is -2.25. The van der Waals surface area contributed by atoms with Gasteiger partial charge in [-0.2, -0.15) is 0 Å².